The van der Waals surface area contributed by atoms with Gasteiger partial charge in [0.15, 0.2) is 0 Å². The van der Waals surface area contributed by atoms with E-state index in [-0.39, 0.29) is 0 Å². The maximum atomic E-state index is 9.88. The van der Waals surface area contributed by atoms with Crippen LogP contribution in [0.2, 0.25) is 0 Å². The van der Waals surface area contributed by atoms with Gasteiger partial charge in [0.2, 0.25) is 0 Å². The fraction of sp³-hybridized carbons (Fsp3) is 0.900. The summed E-state index contributed by atoms with van der Waals surface area (Å²) < 4.78 is 0. The van der Waals surface area contributed by atoms with Crippen LogP contribution in [-0.2, 0) is 0 Å². The van der Waals surface area contributed by atoms with Gasteiger partial charge in [0.05, 0.1) is 5.76 Å². The third kappa shape index (κ3) is 15.7. The van der Waals surface area contributed by atoms with Crippen molar-refractivity contribution in [1.29, 1.82) is 0 Å². The maximum absolute atomic E-state index is 9.88. The van der Waals surface area contributed by atoms with Crippen LogP contribution in [0, 0.1) is 11.8 Å². The van der Waals surface area contributed by atoms with Gasteiger partial charge in [-0.25, -0.2) is 0 Å². The number of rotatable bonds is 14. The molecule has 1 atom stereocenters. The lowest BCUT2D eigenvalue weighted by Crippen LogP contribution is -2.00. The summed E-state index contributed by atoms with van der Waals surface area (Å²) in [5, 5.41) is 9.88. The molecule has 0 aliphatic rings. The van der Waals surface area contributed by atoms with Crippen LogP contribution in [0.25, 0.3) is 0 Å². The van der Waals surface area contributed by atoms with Gasteiger partial charge < -0.3 is 5.11 Å². The zero-order valence-corrected chi connectivity index (χ0v) is 15.2. The lowest BCUT2D eigenvalue weighted by atomic mass is 9.94. The lowest BCUT2D eigenvalue weighted by Gasteiger charge is -2.13. The second-order valence-corrected chi connectivity index (χ2v) is 7.23. The number of allylic oxidation sites excluding steroid dienone is 2. The predicted octanol–water partition coefficient (Wildman–Crippen LogP) is 7.42. The Morgan fingerprint density at radius 2 is 1.52 bits per heavy atom. The summed E-state index contributed by atoms with van der Waals surface area (Å²) in [4.78, 5) is 0. The molecule has 1 heteroatoms. The van der Waals surface area contributed by atoms with Gasteiger partial charge in [-0.3, -0.25) is 0 Å². The van der Waals surface area contributed by atoms with Gasteiger partial charge in [-0.05, 0) is 43.6 Å². The minimum absolute atomic E-state index is 0.623. The Labute approximate surface area is 134 Å². The molecule has 0 aromatic carbocycles. The summed E-state index contributed by atoms with van der Waals surface area (Å²) >= 11 is 0. The van der Waals surface area contributed by atoms with E-state index in [1.54, 1.807) is 0 Å². The van der Waals surface area contributed by atoms with E-state index in [1.807, 2.05) is 0 Å². The van der Waals surface area contributed by atoms with Crippen molar-refractivity contribution in [2.45, 2.75) is 105 Å². The van der Waals surface area contributed by atoms with Crippen molar-refractivity contribution in [3.05, 3.63) is 11.8 Å². The topological polar surface area (TPSA) is 20.2 Å². The molecule has 0 aliphatic carbocycles. The number of hydrogen-bond acceptors (Lipinski definition) is 1. The normalized spacial score (nSPS) is 13.9. The van der Waals surface area contributed by atoms with Crippen LogP contribution in [-0.4, -0.2) is 5.11 Å². The molecule has 0 spiro atoms. The van der Waals surface area contributed by atoms with E-state index in [1.165, 1.54) is 57.8 Å². The lowest BCUT2D eigenvalue weighted by molar-refractivity contribution is 0.357. The van der Waals surface area contributed by atoms with Crippen LogP contribution in [0.15, 0.2) is 11.8 Å². The van der Waals surface area contributed by atoms with E-state index >= 15 is 0 Å². The highest BCUT2D eigenvalue weighted by Crippen LogP contribution is 2.18. The highest BCUT2D eigenvalue weighted by Gasteiger charge is 2.05. The Balaban J connectivity index is 3.44. The highest BCUT2D eigenvalue weighted by molar-refractivity contribution is 4.90. The molecule has 0 amide bonds. The quantitative estimate of drug-likeness (QED) is 0.261. The third-order valence-electron chi connectivity index (χ3n) is 4.19. The SMILES string of the molecule is CCCCCCCCCC=C(O)CCCC(C)CC(C)C. The van der Waals surface area contributed by atoms with E-state index in [0.717, 1.165) is 31.1 Å². The summed E-state index contributed by atoms with van der Waals surface area (Å²) in [6.07, 6.45) is 17.1. The Kier molecular flexibility index (Phi) is 14.2. The first-order valence-corrected chi connectivity index (χ1v) is 9.44. The minimum atomic E-state index is 0.623. The highest BCUT2D eigenvalue weighted by atomic mass is 16.3. The number of aliphatic hydroxyl groups excluding tert-OH is 1. The van der Waals surface area contributed by atoms with E-state index in [9.17, 15) is 5.11 Å². The van der Waals surface area contributed by atoms with Crippen molar-refractivity contribution in [2.24, 2.45) is 11.8 Å². The minimum Gasteiger partial charge on any atom is -0.513 e. The van der Waals surface area contributed by atoms with Crippen molar-refractivity contribution in [1.82, 2.24) is 0 Å². The van der Waals surface area contributed by atoms with Crippen molar-refractivity contribution >= 4 is 0 Å². The molecule has 0 rings (SSSR count). The zero-order chi connectivity index (χ0) is 15.9. The molecule has 0 heterocycles. The van der Waals surface area contributed by atoms with Gasteiger partial charge in [0.1, 0.15) is 0 Å². The average Bonchev–Trinajstić information content (AvgIpc) is 2.41. The second kappa shape index (κ2) is 14.5. The largest absolute Gasteiger partial charge is 0.513 e. The molecule has 0 aromatic heterocycles. The molecule has 1 unspecified atom stereocenters. The molecule has 1 nitrogen and oxygen atoms in total. The van der Waals surface area contributed by atoms with Crippen molar-refractivity contribution in [3.8, 4) is 0 Å². The Bertz CT molecular complexity index is 242. The average molecular weight is 297 g/mol. The Morgan fingerprint density at radius 1 is 0.905 bits per heavy atom. The monoisotopic (exact) mass is 296 g/mol. The van der Waals surface area contributed by atoms with Gasteiger partial charge in [-0.1, -0.05) is 72.6 Å². The van der Waals surface area contributed by atoms with Gasteiger partial charge >= 0.3 is 0 Å². The molecule has 0 aromatic rings. The van der Waals surface area contributed by atoms with Crippen LogP contribution < -0.4 is 0 Å². The molecule has 21 heavy (non-hydrogen) atoms. The van der Waals surface area contributed by atoms with Crippen molar-refractivity contribution in [2.75, 3.05) is 0 Å². The summed E-state index contributed by atoms with van der Waals surface area (Å²) in [6, 6.07) is 0. The number of aliphatic hydroxyl groups is 1. The molecule has 0 fully saturated rings. The molecular formula is C20H40O. The van der Waals surface area contributed by atoms with Crippen LogP contribution in [0.4, 0.5) is 0 Å². The van der Waals surface area contributed by atoms with Crippen LogP contribution in [0.3, 0.4) is 0 Å². The van der Waals surface area contributed by atoms with E-state index < -0.39 is 0 Å². The van der Waals surface area contributed by atoms with Crippen LogP contribution in [0.5, 0.6) is 0 Å². The third-order valence-corrected chi connectivity index (χ3v) is 4.19. The van der Waals surface area contributed by atoms with E-state index in [0.29, 0.717) is 5.76 Å². The molecule has 0 saturated carbocycles. The number of unbranched alkanes of at least 4 members (excludes halogenated alkanes) is 7. The Morgan fingerprint density at radius 3 is 2.14 bits per heavy atom. The summed E-state index contributed by atoms with van der Waals surface area (Å²) in [7, 11) is 0. The first-order chi connectivity index (χ1) is 10.1. The molecule has 0 bridgehead atoms. The van der Waals surface area contributed by atoms with Gasteiger partial charge in [-0.15, -0.1) is 0 Å². The summed E-state index contributed by atoms with van der Waals surface area (Å²) in [5.41, 5.74) is 0. The van der Waals surface area contributed by atoms with Gasteiger partial charge in [0, 0.05) is 6.42 Å². The molecule has 0 saturated heterocycles. The van der Waals surface area contributed by atoms with Crippen molar-refractivity contribution in [3.63, 3.8) is 0 Å². The molecule has 0 radical (unpaired) electrons. The smallest absolute Gasteiger partial charge is 0.0882 e. The maximum Gasteiger partial charge on any atom is 0.0882 e. The zero-order valence-electron chi connectivity index (χ0n) is 15.2. The van der Waals surface area contributed by atoms with Crippen molar-refractivity contribution < 1.29 is 5.11 Å². The summed E-state index contributed by atoms with van der Waals surface area (Å²) in [5.74, 6) is 2.21. The van der Waals surface area contributed by atoms with Crippen LogP contribution in [0.1, 0.15) is 105 Å². The molecule has 1 N–H and O–H groups in total. The predicted molar refractivity (Wildman–Crippen MR) is 95.8 cm³/mol. The Hall–Kier alpha value is -0.460. The first-order valence-electron chi connectivity index (χ1n) is 9.44. The van der Waals surface area contributed by atoms with Crippen LogP contribution >= 0.6 is 0 Å². The second-order valence-electron chi connectivity index (χ2n) is 7.23. The molecular weight excluding hydrogens is 256 g/mol. The number of hydrogen-bond donors (Lipinski definition) is 1. The van der Waals surface area contributed by atoms with E-state index in [4.69, 9.17) is 0 Å². The fourth-order valence-corrected chi connectivity index (χ4v) is 3.03. The van der Waals surface area contributed by atoms with Gasteiger partial charge in [-0.2, -0.15) is 0 Å². The van der Waals surface area contributed by atoms with E-state index in [2.05, 4.69) is 33.8 Å². The van der Waals surface area contributed by atoms with Gasteiger partial charge in [0.25, 0.3) is 0 Å². The fourth-order valence-electron chi connectivity index (χ4n) is 3.03. The molecule has 0 aliphatic heterocycles. The first kappa shape index (κ1) is 20.5. The summed E-state index contributed by atoms with van der Waals surface area (Å²) in [6.45, 7) is 9.17. The standard InChI is InChI=1S/C20H40O/c1-5-6-7-8-9-10-11-12-15-20(21)16-13-14-19(4)17-18(2)3/h15,18-19,21H,5-14,16-17H2,1-4H3. The molecule has 126 valence electrons.